The van der Waals surface area contributed by atoms with E-state index in [-0.39, 0.29) is 11.9 Å². The number of carbonyl (C=O) groups excluding carboxylic acids is 2. The van der Waals surface area contributed by atoms with E-state index in [9.17, 15) is 9.59 Å². The van der Waals surface area contributed by atoms with E-state index in [4.69, 9.17) is 0 Å². The lowest BCUT2D eigenvalue weighted by Crippen LogP contribution is -2.53. The molecule has 4 heterocycles. The van der Waals surface area contributed by atoms with Gasteiger partial charge in [0.1, 0.15) is 5.82 Å². The number of carbonyl (C=O) groups is 2. The second-order valence-electron chi connectivity index (χ2n) is 9.34. The van der Waals surface area contributed by atoms with E-state index in [1.54, 1.807) is 4.90 Å². The van der Waals surface area contributed by atoms with Gasteiger partial charge in [-0.1, -0.05) is 24.3 Å². The summed E-state index contributed by atoms with van der Waals surface area (Å²) >= 11 is 0. The highest BCUT2D eigenvalue weighted by atomic mass is 16.2. The molecule has 5 rings (SSSR count). The number of amides is 3. The maximum absolute atomic E-state index is 12.9. The Kier molecular flexibility index (Phi) is 6.85. The van der Waals surface area contributed by atoms with Crippen molar-refractivity contribution in [2.24, 2.45) is 0 Å². The average Bonchev–Trinajstić information content (AvgIpc) is 3.31. The zero-order valence-electron chi connectivity index (χ0n) is 20.2. The van der Waals surface area contributed by atoms with Crippen LogP contribution in [0.2, 0.25) is 0 Å². The first kappa shape index (κ1) is 23.2. The van der Waals surface area contributed by atoms with Crippen molar-refractivity contribution in [3.63, 3.8) is 0 Å². The van der Waals surface area contributed by atoms with E-state index in [0.29, 0.717) is 39.1 Å². The van der Waals surface area contributed by atoms with Gasteiger partial charge in [0, 0.05) is 87.8 Å². The van der Waals surface area contributed by atoms with Crippen LogP contribution in [0.3, 0.4) is 0 Å². The number of H-pyrrole nitrogens is 1. The molecule has 9 heteroatoms. The Morgan fingerprint density at radius 1 is 0.914 bits per heavy atom. The number of nitrogens with zero attached hydrogens (tertiary/aromatic N) is 5. The first-order valence-corrected chi connectivity index (χ1v) is 12.3. The number of anilines is 1. The van der Waals surface area contributed by atoms with E-state index in [1.807, 2.05) is 53.7 Å². The molecule has 9 nitrogen and oxygen atoms in total. The fourth-order valence-electron chi connectivity index (χ4n) is 4.87. The third-order valence-electron chi connectivity index (χ3n) is 7.04. The summed E-state index contributed by atoms with van der Waals surface area (Å²) < 4.78 is 0. The van der Waals surface area contributed by atoms with Crippen LogP contribution in [0.25, 0.3) is 10.9 Å². The number of hydrogen-bond acceptors (Lipinski definition) is 5. The van der Waals surface area contributed by atoms with Gasteiger partial charge in [-0.05, 0) is 24.7 Å². The van der Waals surface area contributed by atoms with Crippen molar-refractivity contribution in [1.29, 1.82) is 0 Å². The molecule has 0 unspecified atom stereocenters. The number of hydrogen-bond donors (Lipinski definition) is 2. The Morgan fingerprint density at radius 2 is 1.66 bits per heavy atom. The molecule has 3 aromatic rings. The van der Waals surface area contributed by atoms with Crippen LogP contribution in [0.1, 0.15) is 11.1 Å². The quantitative estimate of drug-likeness (QED) is 0.589. The number of pyridine rings is 1. The van der Waals surface area contributed by atoms with Crippen LogP contribution in [0.15, 0.2) is 48.8 Å². The molecule has 3 amide bonds. The normalized spacial score (nSPS) is 17.1. The molecule has 35 heavy (non-hydrogen) atoms. The number of nitrogens with one attached hydrogen (secondary N) is 2. The number of benzene rings is 1. The van der Waals surface area contributed by atoms with Gasteiger partial charge in [0.2, 0.25) is 5.91 Å². The predicted octanol–water partition coefficient (Wildman–Crippen LogP) is 1.91. The maximum Gasteiger partial charge on any atom is 0.317 e. The van der Waals surface area contributed by atoms with Crippen LogP contribution in [0.5, 0.6) is 0 Å². The molecule has 0 radical (unpaired) electrons. The number of aromatic amines is 1. The summed E-state index contributed by atoms with van der Waals surface area (Å²) in [4.78, 5) is 41.8. The fraction of sp³-hybridized carbons (Fsp3) is 0.423. The second-order valence-corrected chi connectivity index (χ2v) is 9.34. The van der Waals surface area contributed by atoms with Crippen molar-refractivity contribution in [2.45, 2.75) is 13.0 Å². The molecule has 0 bridgehead atoms. The van der Waals surface area contributed by atoms with Crippen LogP contribution in [-0.4, -0.2) is 96.0 Å². The van der Waals surface area contributed by atoms with Gasteiger partial charge in [0.05, 0.1) is 6.42 Å². The van der Waals surface area contributed by atoms with Gasteiger partial charge >= 0.3 is 6.03 Å². The Balaban J connectivity index is 1.12. The predicted molar refractivity (Wildman–Crippen MR) is 136 cm³/mol. The summed E-state index contributed by atoms with van der Waals surface area (Å²) in [6.07, 6.45) is 4.10. The lowest BCUT2D eigenvalue weighted by atomic mass is 10.1. The minimum absolute atomic E-state index is 0.0955. The molecular weight excluding hydrogens is 442 g/mol. The lowest BCUT2D eigenvalue weighted by Gasteiger charge is -2.35. The van der Waals surface area contributed by atoms with Gasteiger partial charge in [-0.15, -0.1) is 0 Å². The molecule has 2 aliphatic rings. The minimum atomic E-state index is -0.0955. The highest BCUT2D eigenvalue weighted by Crippen LogP contribution is 2.20. The van der Waals surface area contributed by atoms with Crippen molar-refractivity contribution in [3.8, 4) is 0 Å². The fourth-order valence-corrected chi connectivity index (χ4v) is 4.87. The number of piperazine rings is 2. The van der Waals surface area contributed by atoms with Crippen molar-refractivity contribution in [3.05, 3.63) is 59.9 Å². The molecule has 0 aliphatic carbocycles. The average molecular weight is 476 g/mol. The van der Waals surface area contributed by atoms with E-state index in [0.717, 1.165) is 54.0 Å². The topological polar surface area (TPSA) is 87.8 Å². The van der Waals surface area contributed by atoms with Gasteiger partial charge in [0.25, 0.3) is 0 Å². The van der Waals surface area contributed by atoms with Gasteiger partial charge in [-0.25, -0.2) is 9.78 Å². The third kappa shape index (κ3) is 5.24. The number of urea groups is 1. The second kappa shape index (κ2) is 10.4. The molecule has 2 aliphatic heterocycles. The van der Waals surface area contributed by atoms with Gasteiger partial charge in [-0.2, -0.15) is 0 Å². The maximum atomic E-state index is 12.9. The summed E-state index contributed by atoms with van der Waals surface area (Å²) in [6, 6.07) is 11.9. The van der Waals surface area contributed by atoms with Crippen LogP contribution < -0.4 is 10.2 Å². The minimum Gasteiger partial charge on any atom is -0.361 e. The molecule has 1 aromatic carbocycles. The van der Waals surface area contributed by atoms with Crippen molar-refractivity contribution in [1.82, 2.24) is 30.0 Å². The molecule has 2 N–H and O–H groups in total. The molecule has 2 saturated heterocycles. The van der Waals surface area contributed by atoms with Crippen molar-refractivity contribution in [2.75, 3.05) is 64.3 Å². The highest BCUT2D eigenvalue weighted by Gasteiger charge is 2.25. The standard InChI is InChI=1S/C26H33N7O2/c1-30-9-11-32(12-10-30)25-20(5-4-8-27-25)18-29-26(35)33-15-13-31(14-16-33)24(34)17-21-19-28-23-7-3-2-6-22(21)23/h2-8,19,28H,9-18H2,1H3,(H,29,35). The Labute approximate surface area is 205 Å². The summed E-state index contributed by atoms with van der Waals surface area (Å²) in [5.74, 6) is 1.05. The van der Waals surface area contributed by atoms with Gasteiger partial charge in [0.15, 0.2) is 0 Å². The first-order valence-electron chi connectivity index (χ1n) is 12.3. The van der Waals surface area contributed by atoms with Gasteiger partial charge < -0.3 is 29.9 Å². The monoisotopic (exact) mass is 475 g/mol. The largest absolute Gasteiger partial charge is 0.361 e. The summed E-state index contributed by atoms with van der Waals surface area (Å²) in [7, 11) is 2.13. The van der Waals surface area contributed by atoms with E-state index >= 15 is 0 Å². The molecule has 0 spiro atoms. The molecular formula is C26H33N7O2. The zero-order valence-corrected chi connectivity index (χ0v) is 20.2. The van der Waals surface area contributed by atoms with E-state index < -0.39 is 0 Å². The SMILES string of the molecule is CN1CCN(c2ncccc2CNC(=O)N2CCN(C(=O)Cc3c[nH]c4ccccc34)CC2)CC1. The number of fused-ring (bicyclic) bond motifs is 1. The number of rotatable bonds is 5. The zero-order chi connectivity index (χ0) is 24.2. The summed E-state index contributed by atoms with van der Waals surface area (Å²) in [5.41, 5.74) is 3.08. The Hall–Kier alpha value is -3.59. The smallest absolute Gasteiger partial charge is 0.317 e. The van der Waals surface area contributed by atoms with Crippen LogP contribution >= 0.6 is 0 Å². The molecule has 2 fully saturated rings. The van der Waals surface area contributed by atoms with E-state index in [2.05, 4.69) is 32.1 Å². The van der Waals surface area contributed by atoms with Crippen LogP contribution in [-0.2, 0) is 17.8 Å². The molecule has 0 atom stereocenters. The number of para-hydroxylation sites is 1. The van der Waals surface area contributed by atoms with Gasteiger partial charge in [-0.3, -0.25) is 4.79 Å². The summed E-state index contributed by atoms with van der Waals surface area (Å²) in [5, 5.41) is 4.15. The Morgan fingerprint density at radius 3 is 2.46 bits per heavy atom. The first-order chi connectivity index (χ1) is 17.1. The number of likely N-dealkylation sites (N-methyl/N-ethyl adjacent to an activating group) is 1. The third-order valence-corrected chi connectivity index (χ3v) is 7.04. The van der Waals surface area contributed by atoms with Crippen LogP contribution in [0.4, 0.5) is 10.6 Å². The van der Waals surface area contributed by atoms with E-state index in [1.165, 1.54) is 0 Å². The summed E-state index contributed by atoms with van der Waals surface area (Å²) in [6.45, 7) is 6.48. The van der Waals surface area contributed by atoms with Crippen LogP contribution in [0, 0.1) is 0 Å². The molecule has 184 valence electrons. The highest BCUT2D eigenvalue weighted by molar-refractivity contribution is 5.89. The molecule has 0 saturated carbocycles. The van der Waals surface area contributed by atoms with Crippen molar-refractivity contribution < 1.29 is 9.59 Å². The van der Waals surface area contributed by atoms with Crippen molar-refractivity contribution >= 4 is 28.7 Å². The number of aromatic nitrogens is 2. The lowest BCUT2D eigenvalue weighted by molar-refractivity contribution is -0.131. The molecule has 2 aromatic heterocycles. The Bertz CT molecular complexity index is 1180.